The Balaban J connectivity index is 1.39. The Kier molecular flexibility index (Phi) is 6.48. The number of carbonyl (C=O) groups is 3. The first-order valence-corrected chi connectivity index (χ1v) is 12.1. The summed E-state index contributed by atoms with van der Waals surface area (Å²) in [5.74, 6) is -0.763. The summed E-state index contributed by atoms with van der Waals surface area (Å²) in [6.07, 6.45) is 2.37. The van der Waals surface area contributed by atoms with Crippen LogP contribution in [-0.4, -0.2) is 31.0 Å². The Bertz CT molecular complexity index is 1380. The van der Waals surface area contributed by atoms with E-state index in [2.05, 4.69) is 10.2 Å². The second kappa shape index (κ2) is 9.87. The van der Waals surface area contributed by atoms with E-state index in [0.29, 0.717) is 30.2 Å². The molecule has 0 saturated carbocycles. The third-order valence-electron chi connectivity index (χ3n) is 6.23. The number of amides is 4. The Morgan fingerprint density at radius 3 is 2.56 bits per heavy atom. The highest BCUT2D eigenvalue weighted by atomic mass is 35.5. The molecule has 3 aromatic carbocycles. The number of benzene rings is 3. The van der Waals surface area contributed by atoms with Crippen LogP contribution in [0.3, 0.4) is 0 Å². The van der Waals surface area contributed by atoms with E-state index in [1.165, 1.54) is 6.08 Å². The van der Waals surface area contributed by atoms with E-state index < -0.39 is 17.8 Å². The van der Waals surface area contributed by atoms with Gasteiger partial charge in [-0.05, 0) is 78.6 Å². The fraction of sp³-hybridized carbons (Fsp3) is 0.179. The van der Waals surface area contributed by atoms with Crippen molar-refractivity contribution >= 4 is 46.9 Å². The van der Waals surface area contributed by atoms with E-state index in [1.54, 1.807) is 24.3 Å². The van der Waals surface area contributed by atoms with Crippen molar-refractivity contribution in [2.75, 3.05) is 23.0 Å². The zero-order valence-corrected chi connectivity index (χ0v) is 20.4. The second-order valence-corrected chi connectivity index (χ2v) is 8.94. The average molecular weight is 502 g/mol. The number of halogens is 1. The standard InChI is InChI=1S/C28H24ClN3O4/c1-2-36-22-10-8-21(9-11-22)32-27(34)23(26(33)30-28(32)35)16-18-7-12-25-19(15-18)13-14-31(25)17-20-5-3-4-6-24(20)29/h3-12,15-16H,2,13-14,17H2,1H3,(H,30,33,35)/b23-16+. The maximum atomic E-state index is 13.2. The van der Waals surface area contributed by atoms with Gasteiger partial charge >= 0.3 is 6.03 Å². The van der Waals surface area contributed by atoms with Crippen LogP contribution >= 0.6 is 11.6 Å². The molecule has 7 nitrogen and oxygen atoms in total. The predicted octanol–water partition coefficient (Wildman–Crippen LogP) is 4.97. The molecule has 1 saturated heterocycles. The number of barbiturate groups is 1. The lowest BCUT2D eigenvalue weighted by atomic mass is 10.0. The smallest absolute Gasteiger partial charge is 0.335 e. The van der Waals surface area contributed by atoms with E-state index in [0.717, 1.165) is 39.7 Å². The lowest BCUT2D eigenvalue weighted by Gasteiger charge is -2.26. The molecule has 3 aromatic rings. The van der Waals surface area contributed by atoms with Crippen molar-refractivity contribution in [2.45, 2.75) is 19.9 Å². The predicted molar refractivity (Wildman–Crippen MR) is 139 cm³/mol. The number of imide groups is 2. The number of hydrogen-bond acceptors (Lipinski definition) is 5. The molecular formula is C28H24ClN3O4. The highest BCUT2D eigenvalue weighted by Crippen LogP contribution is 2.32. The topological polar surface area (TPSA) is 79.0 Å². The van der Waals surface area contributed by atoms with E-state index in [-0.39, 0.29) is 5.57 Å². The number of carbonyl (C=O) groups excluding carboxylic acids is 3. The van der Waals surface area contributed by atoms with Gasteiger partial charge in [-0.15, -0.1) is 0 Å². The molecule has 0 unspecified atom stereocenters. The normalized spacial score (nSPS) is 16.4. The van der Waals surface area contributed by atoms with Crippen molar-refractivity contribution in [1.82, 2.24) is 5.32 Å². The van der Waals surface area contributed by atoms with Crippen LogP contribution in [0.5, 0.6) is 5.75 Å². The van der Waals surface area contributed by atoms with Crippen molar-refractivity contribution in [3.05, 3.63) is 94.0 Å². The molecule has 2 aliphatic heterocycles. The fourth-order valence-electron chi connectivity index (χ4n) is 4.49. The molecule has 182 valence electrons. The number of urea groups is 1. The highest BCUT2D eigenvalue weighted by molar-refractivity contribution is 6.39. The van der Waals surface area contributed by atoms with Crippen molar-refractivity contribution in [1.29, 1.82) is 0 Å². The number of fused-ring (bicyclic) bond motifs is 1. The quantitative estimate of drug-likeness (QED) is 0.381. The van der Waals surface area contributed by atoms with Gasteiger partial charge in [-0.25, -0.2) is 9.69 Å². The van der Waals surface area contributed by atoms with Crippen molar-refractivity contribution in [2.24, 2.45) is 0 Å². The van der Waals surface area contributed by atoms with Crippen LogP contribution in [0.2, 0.25) is 5.02 Å². The molecule has 5 rings (SSSR count). The van der Waals surface area contributed by atoms with Crippen LogP contribution in [0.4, 0.5) is 16.2 Å². The number of ether oxygens (including phenoxy) is 1. The monoisotopic (exact) mass is 501 g/mol. The third-order valence-corrected chi connectivity index (χ3v) is 6.60. The van der Waals surface area contributed by atoms with Gasteiger partial charge in [0.1, 0.15) is 11.3 Å². The van der Waals surface area contributed by atoms with Gasteiger partial charge in [0.25, 0.3) is 11.8 Å². The van der Waals surface area contributed by atoms with Crippen LogP contribution in [0, 0.1) is 0 Å². The van der Waals surface area contributed by atoms with Gasteiger partial charge in [-0.3, -0.25) is 14.9 Å². The molecule has 0 radical (unpaired) electrons. The lowest BCUT2D eigenvalue weighted by Crippen LogP contribution is -2.54. The zero-order chi connectivity index (χ0) is 25.2. The Labute approximate surface area is 213 Å². The van der Waals surface area contributed by atoms with E-state index in [1.807, 2.05) is 49.4 Å². The van der Waals surface area contributed by atoms with Crippen LogP contribution in [0.1, 0.15) is 23.6 Å². The third kappa shape index (κ3) is 4.57. The minimum absolute atomic E-state index is 0.102. The fourth-order valence-corrected chi connectivity index (χ4v) is 4.69. The molecule has 8 heteroatoms. The molecule has 1 fully saturated rings. The molecular weight excluding hydrogens is 478 g/mol. The summed E-state index contributed by atoms with van der Waals surface area (Å²) in [7, 11) is 0. The lowest BCUT2D eigenvalue weighted by molar-refractivity contribution is -0.122. The summed E-state index contributed by atoms with van der Waals surface area (Å²) in [6, 6.07) is 19.4. The van der Waals surface area contributed by atoms with Gasteiger partial charge in [-0.2, -0.15) is 0 Å². The number of rotatable bonds is 6. The molecule has 0 atom stereocenters. The van der Waals surface area contributed by atoms with Crippen LogP contribution in [0.25, 0.3) is 6.08 Å². The molecule has 0 bridgehead atoms. The minimum atomic E-state index is -0.782. The second-order valence-electron chi connectivity index (χ2n) is 8.54. The SMILES string of the molecule is CCOc1ccc(N2C(=O)NC(=O)/C(=C\c3ccc4c(c3)CCN4Cc3ccccc3Cl)C2=O)cc1. The van der Waals surface area contributed by atoms with Crippen LogP contribution < -0.4 is 19.9 Å². The maximum absolute atomic E-state index is 13.2. The minimum Gasteiger partial charge on any atom is -0.494 e. The number of anilines is 2. The maximum Gasteiger partial charge on any atom is 0.335 e. The molecule has 1 N–H and O–H groups in total. The molecule has 0 spiro atoms. The summed E-state index contributed by atoms with van der Waals surface area (Å²) >= 11 is 6.34. The summed E-state index contributed by atoms with van der Waals surface area (Å²) < 4.78 is 5.42. The van der Waals surface area contributed by atoms with Gasteiger partial charge in [0, 0.05) is 23.8 Å². The zero-order valence-electron chi connectivity index (χ0n) is 19.7. The summed E-state index contributed by atoms with van der Waals surface area (Å²) in [4.78, 5) is 41.5. The van der Waals surface area contributed by atoms with Crippen molar-refractivity contribution in [3.63, 3.8) is 0 Å². The van der Waals surface area contributed by atoms with Gasteiger partial charge in [-0.1, -0.05) is 35.9 Å². The van der Waals surface area contributed by atoms with Gasteiger partial charge < -0.3 is 9.64 Å². The van der Waals surface area contributed by atoms with Crippen molar-refractivity contribution in [3.8, 4) is 5.75 Å². The van der Waals surface area contributed by atoms with Crippen LogP contribution in [0.15, 0.2) is 72.3 Å². The molecule has 2 aliphatic rings. The Morgan fingerprint density at radius 1 is 1.03 bits per heavy atom. The van der Waals surface area contributed by atoms with Gasteiger partial charge in [0.15, 0.2) is 0 Å². The van der Waals surface area contributed by atoms with Crippen molar-refractivity contribution < 1.29 is 19.1 Å². The average Bonchev–Trinajstić information content (AvgIpc) is 3.26. The highest BCUT2D eigenvalue weighted by Gasteiger charge is 2.37. The number of hydrogen-bond donors (Lipinski definition) is 1. The largest absolute Gasteiger partial charge is 0.494 e. The molecule has 2 heterocycles. The number of nitrogens with zero attached hydrogens (tertiary/aromatic N) is 2. The molecule has 0 aliphatic carbocycles. The Hall–Kier alpha value is -4.10. The first kappa shape index (κ1) is 23.6. The van der Waals surface area contributed by atoms with E-state index >= 15 is 0 Å². The summed E-state index contributed by atoms with van der Waals surface area (Å²) in [5.41, 5.74) is 4.25. The van der Waals surface area contributed by atoms with E-state index in [9.17, 15) is 14.4 Å². The Morgan fingerprint density at radius 2 is 1.81 bits per heavy atom. The molecule has 0 aromatic heterocycles. The summed E-state index contributed by atoms with van der Waals surface area (Å²) in [6.45, 7) is 3.92. The van der Waals surface area contributed by atoms with Gasteiger partial charge in [0.2, 0.25) is 0 Å². The molecule has 36 heavy (non-hydrogen) atoms. The number of nitrogens with one attached hydrogen (secondary N) is 1. The molecule has 4 amide bonds. The first-order chi connectivity index (χ1) is 17.4. The van der Waals surface area contributed by atoms with Gasteiger partial charge in [0.05, 0.1) is 12.3 Å². The van der Waals surface area contributed by atoms with E-state index in [4.69, 9.17) is 16.3 Å². The van der Waals surface area contributed by atoms with Crippen LogP contribution in [-0.2, 0) is 22.6 Å². The summed E-state index contributed by atoms with van der Waals surface area (Å²) in [5, 5.41) is 3.00. The first-order valence-electron chi connectivity index (χ1n) is 11.7.